The minimum Gasteiger partial charge on any atom is -0.461 e. The molecule has 0 atom stereocenters. The summed E-state index contributed by atoms with van der Waals surface area (Å²) in [7, 11) is 0. The van der Waals surface area contributed by atoms with Crippen molar-refractivity contribution in [2.45, 2.75) is 77.2 Å². The van der Waals surface area contributed by atoms with Gasteiger partial charge in [0.1, 0.15) is 6.61 Å². The predicted molar refractivity (Wildman–Crippen MR) is 113 cm³/mol. The van der Waals surface area contributed by atoms with Crippen LogP contribution in [0.3, 0.4) is 0 Å². The minimum absolute atomic E-state index is 0.0720. The Morgan fingerprint density at radius 2 is 1.07 bits per heavy atom. The lowest BCUT2D eigenvalue weighted by Crippen LogP contribution is -2.04. The highest BCUT2D eigenvalue weighted by Crippen LogP contribution is 2.13. The van der Waals surface area contributed by atoms with E-state index >= 15 is 0 Å². The van der Waals surface area contributed by atoms with E-state index in [9.17, 15) is 4.79 Å². The van der Waals surface area contributed by atoms with Gasteiger partial charge in [0.05, 0.1) is 0 Å². The molecule has 0 bridgehead atoms. The maximum absolute atomic E-state index is 11.7. The van der Waals surface area contributed by atoms with Crippen molar-refractivity contribution in [3.05, 3.63) is 71.8 Å². The summed E-state index contributed by atoms with van der Waals surface area (Å²) in [6, 6.07) is 20.6. The fourth-order valence-corrected chi connectivity index (χ4v) is 3.29. The number of esters is 1. The fourth-order valence-electron chi connectivity index (χ4n) is 3.29. The third kappa shape index (κ3) is 10.6. The van der Waals surface area contributed by atoms with E-state index in [-0.39, 0.29) is 5.97 Å². The molecule has 0 fully saturated rings. The number of hydrogen-bond acceptors (Lipinski definition) is 2. The van der Waals surface area contributed by atoms with Gasteiger partial charge in [-0.1, -0.05) is 106 Å². The molecule has 0 radical (unpaired) electrons. The summed E-state index contributed by atoms with van der Waals surface area (Å²) in [5, 5.41) is 0. The first kappa shape index (κ1) is 21.2. The topological polar surface area (TPSA) is 26.3 Å². The van der Waals surface area contributed by atoms with Gasteiger partial charge in [-0.25, -0.2) is 0 Å². The molecule has 0 aliphatic heterocycles. The zero-order chi connectivity index (χ0) is 19.0. The van der Waals surface area contributed by atoms with Crippen LogP contribution in [0.5, 0.6) is 0 Å². The zero-order valence-corrected chi connectivity index (χ0v) is 16.6. The standard InChI is InChI=1S/C25H34O2/c26-25(27-22-24-19-13-9-14-20-24)21-15-7-5-3-1-2-4-6-10-16-23-17-11-8-12-18-23/h8-9,11-14,17-20H,1-7,10,15-16,21-22H2. The van der Waals surface area contributed by atoms with Gasteiger partial charge in [0.15, 0.2) is 0 Å². The average molecular weight is 367 g/mol. The highest BCUT2D eigenvalue weighted by Gasteiger charge is 2.03. The van der Waals surface area contributed by atoms with Crippen LogP contribution in [0.2, 0.25) is 0 Å². The molecule has 0 saturated carbocycles. The molecule has 2 rings (SSSR count). The van der Waals surface area contributed by atoms with E-state index in [0.29, 0.717) is 13.0 Å². The van der Waals surface area contributed by atoms with Crippen LogP contribution in [0.25, 0.3) is 0 Å². The van der Waals surface area contributed by atoms with Crippen molar-refractivity contribution in [1.82, 2.24) is 0 Å². The summed E-state index contributed by atoms with van der Waals surface area (Å²) in [5.41, 5.74) is 2.51. The van der Waals surface area contributed by atoms with Crippen molar-refractivity contribution in [3.63, 3.8) is 0 Å². The maximum atomic E-state index is 11.7. The molecule has 0 amide bonds. The van der Waals surface area contributed by atoms with Crippen LogP contribution in [-0.2, 0) is 22.6 Å². The minimum atomic E-state index is -0.0720. The third-order valence-electron chi connectivity index (χ3n) is 4.93. The first-order valence-electron chi connectivity index (χ1n) is 10.6. The van der Waals surface area contributed by atoms with Crippen LogP contribution in [0.4, 0.5) is 0 Å². The molecule has 0 aromatic heterocycles. The Morgan fingerprint density at radius 3 is 1.67 bits per heavy atom. The number of ether oxygens (including phenoxy) is 1. The van der Waals surface area contributed by atoms with Gasteiger partial charge in [0.25, 0.3) is 0 Å². The number of rotatable bonds is 14. The molecular weight excluding hydrogens is 332 g/mol. The van der Waals surface area contributed by atoms with Gasteiger partial charge >= 0.3 is 5.97 Å². The van der Waals surface area contributed by atoms with Crippen molar-refractivity contribution >= 4 is 5.97 Å². The summed E-state index contributed by atoms with van der Waals surface area (Å²) in [4.78, 5) is 11.7. The SMILES string of the molecule is O=C(CCCCCCCCCCCc1ccccc1)OCc1ccccc1. The summed E-state index contributed by atoms with van der Waals surface area (Å²) in [6.45, 7) is 0.393. The predicted octanol–water partition coefficient (Wildman–Crippen LogP) is 6.87. The lowest BCUT2D eigenvalue weighted by atomic mass is 10.0. The van der Waals surface area contributed by atoms with E-state index in [4.69, 9.17) is 4.74 Å². The number of carbonyl (C=O) groups is 1. The second kappa shape index (κ2) is 14.0. The van der Waals surface area contributed by atoms with Crippen molar-refractivity contribution in [1.29, 1.82) is 0 Å². The van der Waals surface area contributed by atoms with E-state index < -0.39 is 0 Å². The van der Waals surface area contributed by atoms with Crippen LogP contribution < -0.4 is 0 Å². The van der Waals surface area contributed by atoms with Gasteiger partial charge in [-0.05, 0) is 30.4 Å². The number of unbranched alkanes of at least 4 members (excludes halogenated alkanes) is 8. The monoisotopic (exact) mass is 366 g/mol. The Kier molecular flexibility index (Phi) is 11.0. The molecule has 27 heavy (non-hydrogen) atoms. The van der Waals surface area contributed by atoms with Crippen molar-refractivity contribution < 1.29 is 9.53 Å². The van der Waals surface area contributed by atoms with Gasteiger partial charge in [0, 0.05) is 6.42 Å². The maximum Gasteiger partial charge on any atom is 0.306 e. The largest absolute Gasteiger partial charge is 0.461 e. The van der Waals surface area contributed by atoms with Gasteiger partial charge in [0.2, 0.25) is 0 Å². The molecule has 2 heteroatoms. The van der Waals surface area contributed by atoms with Crippen molar-refractivity contribution in [2.75, 3.05) is 0 Å². The summed E-state index contributed by atoms with van der Waals surface area (Å²) in [6.07, 6.45) is 13.0. The molecule has 2 aromatic rings. The molecule has 0 aliphatic carbocycles. The lowest BCUT2D eigenvalue weighted by molar-refractivity contribution is -0.145. The van der Waals surface area contributed by atoms with Crippen LogP contribution in [0.1, 0.15) is 75.3 Å². The summed E-state index contributed by atoms with van der Waals surface area (Å²) < 4.78 is 5.30. The van der Waals surface area contributed by atoms with Gasteiger partial charge in [-0.3, -0.25) is 4.79 Å². The normalized spacial score (nSPS) is 10.7. The molecule has 0 unspecified atom stereocenters. The highest BCUT2D eigenvalue weighted by molar-refractivity contribution is 5.69. The van der Waals surface area contributed by atoms with Crippen molar-refractivity contribution in [3.8, 4) is 0 Å². The zero-order valence-electron chi connectivity index (χ0n) is 16.6. The van der Waals surface area contributed by atoms with E-state index in [1.54, 1.807) is 0 Å². The molecule has 2 aromatic carbocycles. The second-order valence-electron chi connectivity index (χ2n) is 7.31. The number of carbonyl (C=O) groups excluding carboxylic acids is 1. The quantitative estimate of drug-likeness (QED) is 0.269. The Labute approximate surface area is 165 Å². The molecule has 0 N–H and O–H groups in total. The van der Waals surface area contributed by atoms with Crippen LogP contribution in [-0.4, -0.2) is 5.97 Å². The lowest BCUT2D eigenvalue weighted by Gasteiger charge is -2.05. The average Bonchev–Trinajstić information content (AvgIpc) is 2.72. The number of benzene rings is 2. The smallest absolute Gasteiger partial charge is 0.306 e. The molecule has 0 spiro atoms. The molecular formula is C25H34O2. The van der Waals surface area contributed by atoms with Gasteiger partial charge in [-0.15, -0.1) is 0 Å². The Balaban J connectivity index is 1.34. The molecule has 0 aliphatic rings. The van der Waals surface area contributed by atoms with E-state index in [2.05, 4.69) is 30.3 Å². The Bertz CT molecular complexity index is 607. The first-order valence-corrected chi connectivity index (χ1v) is 10.6. The fraction of sp³-hybridized carbons (Fsp3) is 0.480. The van der Waals surface area contributed by atoms with E-state index in [1.165, 1.54) is 56.9 Å². The van der Waals surface area contributed by atoms with Crippen LogP contribution >= 0.6 is 0 Å². The van der Waals surface area contributed by atoms with Crippen molar-refractivity contribution in [2.24, 2.45) is 0 Å². The van der Waals surface area contributed by atoms with E-state index in [0.717, 1.165) is 18.4 Å². The van der Waals surface area contributed by atoms with E-state index in [1.807, 2.05) is 30.3 Å². The van der Waals surface area contributed by atoms with Crippen LogP contribution in [0, 0.1) is 0 Å². The second-order valence-corrected chi connectivity index (χ2v) is 7.31. The summed E-state index contributed by atoms with van der Waals surface area (Å²) in [5.74, 6) is -0.0720. The van der Waals surface area contributed by atoms with Gasteiger partial charge in [-0.2, -0.15) is 0 Å². The summed E-state index contributed by atoms with van der Waals surface area (Å²) >= 11 is 0. The highest BCUT2D eigenvalue weighted by atomic mass is 16.5. The Morgan fingerprint density at radius 1 is 0.593 bits per heavy atom. The molecule has 146 valence electrons. The Hall–Kier alpha value is -2.09. The van der Waals surface area contributed by atoms with Gasteiger partial charge < -0.3 is 4.74 Å². The molecule has 0 heterocycles. The van der Waals surface area contributed by atoms with Crippen LogP contribution in [0.15, 0.2) is 60.7 Å². The number of aryl methyl sites for hydroxylation is 1. The molecule has 0 saturated heterocycles. The third-order valence-corrected chi connectivity index (χ3v) is 4.93. The number of hydrogen-bond donors (Lipinski definition) is 0. The molecule has 2 nitrogen and oxygen atoms in total. The first-order chi connectivity index (χ1) is 13.3.